The standard InChI is InChI=1S/C25H15Cl2N5O4S/c1-28-22-21(15-5-3-7-18(11-15)32(35)36)30-25(31-24(22)34)37-13-14-4-2-6-17(10-14)29-23(33)16-8-9-19(26)20(27)12-16/h2-12H,13H2,(H,29,33)(H,30,31,34). The lowest BCUT2D eigenvalue weighted by atomic mass is 10.1. The highest BCUT2D eigenvalue weighted by atomic mass is 35.5. The molecule has 9 nitrogen and oxygen atoms in total. The number of non-ortho nitro benzene ring substituents is 1. The Kier molecular flexibility index (Phi) is 7.89. The number of hydrogen-bond acceptors (Lipinski definition) is 6. The predicted molar refractivity (Wildman–Crippen MR) is 144 cm³/mol. The van der Waals surface area contributed by atoms with Crippen molar-refractivity contribution >= 4 is 57.9 Å². The second-order valence-electron chi connectivity index (χ2n) is 7.56. The summed E-state index contributed by atoms with van der Waals surface area (Å²) in [5.41, 5.74) is 1.01. The highest BCUT2D eigenvalue weighted by molar-refractivity contribution is 7.98. The number of rotatable bonds is 7. The highest BCUT2D eigenvalue weighted by Crippen LogP contribution is 2.30. The molecule has 0 aliphatic heterocycles. The number of benzene rings is 3. The molecular weight excluding hydrogens is 537 g/mol. The average molecular weight is 552 g/mol. The van der Waals surface area contributed by atoms with E-state index in [4.69, 9.17) is 29.8 Å². The van der Waals surface area contributed by atoms with Crippen LogP contribution in [0.5, 0.6) is 0 Å². The Labute approximate surface area is 224 Å². The van der Waals surface area contributed by atoms with Gasteiger partial charge in [0.1, 0.15) is 0 Å². The summed E-state index contributed by atoms with van der Waals surface area (Å²) in [6.45, 7) is 7.36. The zero-order valence-electron chi connectivity index (χ0n) is 18.7. The third-order valence-corrected chi connectivity index (χ3v) is 6.74. The monoisotopic (exact) mass is 551 g/mol. The van der Waals surface area contributed by atoms with E-state index in [1.807, 2.05) is 6.07 Å². The van der Waals surface area contributed by atoms with E-state index in [1.165, 1.54) is 36.0 Å². The molecule has 37 heavy (non-hydrogen) atoms. The molecule has 0 spiro atoms. The summed E-state index contributed by atoms with van der Waals surface area (Å²) in [4.78, 5) is 45.9. The highest BCUT2D eigenvalue weighted by Gasteiger charge is 2.17. The van der Waals surface area contributed by atoms with Crippen LogP contribution in [0, 0.1) is 16.7 Å². The first-order valence-electron chi connectivity index (χ1n) is 10.5. The summed E-state index contributed by atoms with van der Waals surface area (Å²) in [7, 11) is 0. The molecule has 1 amide bonds. The maximum atomic E-state index is 12.6. The van der Waals surface area contributed by atoms with Gasteiger partial charge in [-0.1, -0.05) is 59.2 Å². The Morgan fingerprint density at radius 1 is 1.11 bits per heavy atom. The SMILES string of the molecule is [C-]#[N+]c1c(-c2cccc([N+](=O)[O-])c2)nc(SCc2cccc(NC(=O)c3ccc(Cl)c(Cl)c3)c2)[nH]c1=O. The minimum atomic E-state index is -0.642. The van der Waals surface area contributed by atoms with E-state index in [-0.39, 0.29) is 33.2 Å². The van der Waals surface area contributed by atoms with Gasteiger partial charge in [0.05, 0.1) is 27.2 Å². The fourth-order valence-electron chi connectivity index (χ4n) is 3.32. The van der Waals surface area contributed by atoms with Gasteiger partial charge in [-0.2, -0.15) is 0 Å². The number of halogens is 2. The van der Waals surface area contributed by atoms with Crippen molar-refractivity contribution in [2.45, 2.75) is 10.9 Å². The Bertz CT molecular complexity index is 1630. The number of hydrogen-bond donors (Lipinski definition) is 2. The predicted octanol–water partition coefficient (Wildman–Crippen LogP) is 6.75. The summed E-state index contributed by atoms with van der Waals surface area (Å²) in [6.07, 6.45) is 0. The number of H-pyrrole nitrogens is 1. The number of nitro benzene ring substituents is 1. The molecule has 0 fully saturated rings. The molecule has 0 aliphatic carbocycles. The van der Waals surface area contributed by atoms with E-state index in [1.54, 1.807) is 36.4 Å². The minimum Gasteiger partial charge on any atom is -0.322 e. The van der Waals surface area contributed by atoms with Crippen LogP contribution in [0.25, 0.3) is 16.1 Å². The average Bonchev–Trinajstić information content (AvgIpc) is 2.89. The minimum absolute atomic E-state index is 0.0626. The summed E-state index contributed by atoms with van der Waals surface area (Å²) < 4.78 is 0. The van der Waals surface area contributed by atoms with Crippen molar-refractivity contribution < 1.29 is 9.72 Å². The third kappa shape index (κ3) is 6.16. The third-order valence-electron chi connectivity index (χ3n) is 5.06. The Morgan fingerprint density at radius 2 is 1.89 bits per heavy atom. The maximum Gasteiger partial charge on any atom is 0.276 e. The zero-order chi connectivity index (χ0) is 26.5. The van der Waals surface area contributed by atoms with Crippen molar-refractivity contribution in [3.63, 3.8) is 0 Å². The van der Waals surface area contributed by atoms with E-state index < -0.39 is 10.5 Å². The van der Waals surface area contributed by atoms with Crippen molar-refractivity contribution in [2.75, 3.05) is 5.32 Å². The van der Waals surface area contributed by atoms with E-state index in [2.05, 4.69) is 20.1 Å². The van der Waals surface area contributed by atoms with Crippen molar-refractivity contribution in [1.82, 2.24) is 9.97 Å². The van der Waals surface area contributed by atoms with Gasteiger partial charge in [0.15, 0.2) is 5.16 Å². The van der Waals surface area contributed by atoms with Crippen LogP contribution in [-0.2, 0) is 5.75 Å². The van der Waals surface area contributed by atoms with Crippen molar-refractivity contribution in [1.29, 1.82) is 0 Å². The molecule has 4 rings (SSSR count). The molecule has 2 N–H and O–H groups in total. The van der Waals surface area contributed by atoms with Crippen LogP contribution in [0.3, 0.4) is 0 Å². The largest absolute Gasteiger partial charge is 0.322 e. The summed E-state index contributed by atoms with van der Waals surface area (Å²) in [5.74, 6) is 0.0243. The Morgan fingerprint density at radius 3 is 2.62 bits per heavy atom. The van der Waals surface area contributed by atoms with Crippen LogP contribution in [0.2, 0.25) is 10.0 Å². The molecule has 0 aliphatic rings. The molecule has 0 saturated heterocycles. The maximum absolute atomic E-state index is 12.6. The van der Waals surface area contributed by atoms with Crippen molar-refractivity contribution in [3.05, 3.63) is 120 Å². The second kappa shape index (κ2) is 11.3. The van der Waals surface area contributed by atoms with Gasteiger partial charge in [0, 0.05) is 29.1 Å². The molecule has 184 valence electrons. The number of thioether (sulfide) groups is 1. The van der Waals surface area contributed by atoms with Gasteiger partial charge in [0.25, 0.3) is 22.8 Å². The van der Waals surface area contributed by atoms with Crippen LogP contribution in [0.15, 0.2) is 76.7 Å². The van der Waals surface area contributed by atoms with Crippen molar-refractivity contribution in [3.8, 4) is 11.3 Å². The first kappa shape index (κ1) is 25.9. The Hall–Kier alpha value is -4.17. The van der Waals surface area contributed by atoms with E-state index >= 15 is 0 Å². The molecule has 3 aromatic carbocycles. The first-order chi connectivity index (χ1) is 17.7. The van der Waals surface area contributed by atoms with E-state index in [0.29, 0.717) is 27.6 Å². The molecule has 0 radical (unpaired) electrons. The quantitative estimate of drug-likeness (QED) is 0.0860. The van der Waals surface area contributed by atoms with Crippen LogP contribution in [-0.4, -0.2) is 20.8 Å². The van der Waals surface area contributed by atoms with E-state index in [0.717, 1.165) is 5.56 Å². The smallest absolute Gasteiger partial charge is 0.276 e. The number of amides is 1. The number of nitrogens with zero attached hydrogens (tertiary/aromatic N) is 3. The fraction of sp³-hybridized carbons (Fsp3) is 0.0400. The van der Waals surface area contributed by atoms with Gasteiger partial charge in [-0.15, -0.1) is 0 Å². The van der Waals surface area contributed by atoms with Gasteiger partial charge >= 0.3 is 0 Å². The second-order valence-corrected chi connectivity index (χ2v) is 9.34. The molecule has 1 heterocycles. The molecule has 4 aromatic rings. The number of nitrogens with one attached hydrogen (secondary N) is 2. The normalized spacial score (nSPS) is 10.5. The lowest BCUT2D eigenvalue weighted by molar-refractivity contribution is -0.384. The van der Waals surface area contributed by atoms with Crippen LogP contribution in [0.4, 0.5) is 17.1 Å². The number of carbonyl (C=O) groups excluding carboxylic acids is 1. The van der Waals surface area contributed by atoms with E-state index in [9.17, 15) is 19.7 Å². The Balaban J connectivity index is 1.53. The lowest BCUT2D eigenvalue weighted by Crippen LogP contribution is -2.12. The summed E-state index contributed by atoms with van der Waals surface area (Å²) in [6, 6.07) is 17.3. The molecule has 0 unspecified atom stereocenters. The van der Waals surface area contributed by atoms with Gasteiger partial charge in [-0.25, -0.2) is 9.83 Å². The molecule has 0 bridgehead atoms. The van der Waals surface area contributed by atoms with Crippen LogP contribution >= 0.6 is 35.0 Å². The van der Waals surface area contributed by atoms with Gasteiger partial charge in [-0.3, -0.25) is 19.7 Å². The molecule has 0 saturated carbocycles. The molecule has 0 atom stereocenters. The summed E-state index contributed by atoms with van der Waals surface area (Å²) >= 11 is 13.1. The number of aromatic amines is 1. The summed E-state index contributed by atoms with van der Waals surface area (Å²) in [5, 5.41) is 14.8. The number of aromatic nitrogens is 2. The number of nitro groups is 1. The van der Waals surface area contributed by atoms with Crippen molar-refractivity contribution in [2.24, 2.45) is 0 Å². The molecular formula is C25H15Cl2N5O4S. The van der Waals surface area contributed by atoms with Crippen LogP contribution < -0.4 is 10.9 Å². The van der Waals surface area contributed by atoms with Gasteiger partial charge in [0.2, 0.25) is 0 Å². The molecule has 12 heteroatoms. The van der Waals surface area contributed by atoms with Gasteiger partial charge < -0.3 is 10.3 Å². The number of carbonyl (C=O) groups is 1. The van der Waals surface area contributed by atoms with Gasteiger partial charge in [-0.05, 0) is 41.5 Å². The van der Waals surface area contributed by atoms with Crippen LogP contribution in [0.1, 0.15) is 15.9 Å². The fourth-order valence-corrected chi connectivity index (χ4v) is 4.42. The lowest BCUT2D eigenvalue weighted by Gasteiger charge is -2.09. The molecule has 1 aromatic heterocycles. The number of anilines is 1. The topological polar surface area (TPSA) is 122 Å². The first-order valence-corrected chi connectivity index (χ1v) is 12.2. The zero-order valence-corrected chi connectivity index (χ0v) is 21.0.